The summed E-state index contributed by atoms with van der Waals surface area (Å²) < 4.78 is 29.0. The summed E-state index contributed by atoms with van der Waals surface area (Å²) >= 11 is 1.29. The van der Waals surface area contributed by atoms with Crippen LogP contribution in [-0.4, -0.2) is 40.3 Å². The summed E-state index contributed by atoms with van der Waals surface area (Å²) in [7, 11) is -3.45. The molecule has 9 heteroatoms. The van der Waals surface area contributed by atoms with Gasteiger partial charge >= 0.3 is 0 Å². The number of aryl methyl sites for hydroxylation is 1. The molecular formula is C17H18N4O3S2. The molecule has 1 saturated heterocycles. The molecule has 3 aromatic rings. The van der Waals surface area contributed by atoms with E-state index in [1.54, 1.807) is 29.0 Å². The average Bonchev–Trinajstić information content (AvgIpc) is 3.10. The van der Waals surface area contributed by atoms with Gasteiger partial charge in [0.15, 0.2) is 5.65 Å². The number of hydrogen-bond acceptors (Lipinski definition) is 6. The zero-order valence-corrected chi connectivity index (χ0v) is 15.8. The molecule has 1 aliphatic rings. The quantitative estimate of drug-likeness (QED) is 0.684. The van der Waals surface area contributed by atoms with Crippen LogP contribution in [0.15, 0.2) is 45.8 Å². The van der Waals surface area contributed by atoms with Crippen molar-refractivity contribution in [2.75, 3.05) is 13.1 Å². The topological polar surface area (TPSA) is 85.2 Å². The highest BCUT2D eigenvalue weighted by Crippen LogP contribution is 2.29. The van der Waals surface area contributed by atoms with Gasteiger partial charge in [-0.25, -0.2) is 18.4 Å². The van der Waals surface area contributed by atoms with E-state index in [0.29, 0.717) is 41.2 Å². The lowest BCUT2D eigenvalue weighted by Crippen LogP contribution is -2.40. The van der Waals surface area contributed by atoms with Gasteiger partial charge in [0, 0.05) is 30.2 Å². The molecule has 0 bridgehead atoms. The van der Waals surface area contributed by atoms with E-state index in [1.807, 2.05) is 13.0 Å². The summed E-state index contributed by atoms with van der Waals surface area (Å²) in [5.74, 6) is 0. The second kappa shape index (κ2) is 6.57. The zero-order chi connectivity index (χ0) is 18.3. The van der Waals surface area contributed by atoms with Gasteiger partial charge in [0.25, 0.3) is 15.6 Å². The first kappa shape index (κ1) is 17.3. The van der Waals surface area contributed by atoms with Crippen LogP contribution in [-0.2, 0) is 10.0 Å². The van der Waals surface area contributed by atoms with E-state index in [1.165, 1.54) is 22.0 Å². The van der Waals surface area contributed by atoms with Gasteiger partial charge in [0.05, 0.1) is 5.39 Å². The third-order valence-corrected chi connectivity index (χ3v) is 8.05. The summed E-state index contributed by atoms with van der Waals surface area (Å²) in [5, 5.41) is 0.485. The molecule has 26 heavy (non-hydrogen) atoms. The monoisotopic (exact) mass is 390 g/mol. The first-order valence-corrected chi connectivity index (χ1v) is 10.6. The second-order valence-electron chi connectivity index (χ2n) is 6.33. The van der Waals surface area contributed by atoms with Crippen molar-refractivity contribution in [2.45, 2.75) is 30.0 Å². The fourth-order valence-electron chi connectivity index (χ4n) is 3.27. The number of rotatable bonds is 3. The highest BCUT2D eigenvalue weighted by Gasteiger charge is 2.31. The summed E-state index contributed by atoms with van der Waals surface area (Å²) in [6.45, 7) is 2.67. The van der Waals surface area contributed by atoms with Crippen molar-refractivity contribution in [2.24, 2.45) is 0 Å². The van der Waals surface area contributed by atoms with Crippen LogP contribution < -0.4 is 5.56 Å². The van der Waals surface area contributed by atoms with E-state index in [9.17, 15) is 13.2 Å². The maximum atomic E-state index is 12.7. The van der Waals surface area contributed by atoms with Gasteiger partial charge in [-0.1, -0.05) is 0 Å². The van der Waals surface area contributed by atoms with Crippen LogP contribution >= 0.6 is 11.3 Å². The fraction of sp³-hybridized carbons (Fsp3) is 0.353. The largest absolute Gasteiger partial charge is 0.295 e. The molecule has 7 nitrogen and oxygen atoms in total. The van der Waals surface area contributed by atoms with E-state index >= 15 is 0 Å². The number of nitrogens with zero attached hydrogens (tertiary/aromatic N) is 4. The lowest BCUT2D eigenvalue weighted by Gasteiger charge is -2.31. The SMILES string of the molecule is Cc1ccc(S(=O)(=O)N2CCC(n3cnc4ncccc4c3=O)CC2)s1. The third-order valence-electron chi connectivity index (χ3n) is 4.68. The van der Waals surface area contributed by atoms with Crippen LogP contribution in [0.25, 0.3) is 11.0 Å². The molecular weight excluding hydrogens is 372 g/mol. The average molecular weight is 390 g/mol. The Morgan fingerprint density at radius 1 is 1.15 bits per heavy atom. The molecule has 0 aromatic carbocycles. The Morgan fingerprint density at radius 3 is 2.62 bits per heavy atom. The van der Waals surface area contributed by atoms with Crippen molar-refractivity contribution >= 4 is 32.4 Å². The molecule has 0 aliphatic carbocycles. The van der Waals surface area contributed by atoms with Gasteiger partial charge in [-0.15, -0.1) is 11.3 Å². The Balaban J connectivity index is 1.56. The first-order valence-electron chi connectivity index (χ1n) is 8.35. The third kappa shape index (κ3) is 2.95. The van der Waals surface area contributed by atoms with Crippen molar-refractivity contribution < 1.29 is 8.42 Å². The maximum absolute atomic E-state index is 12.7. The molecule has 1 aliphatic heterocycles. The molecule has 0 N–H and O–H groups in total. The van der Waals surface area contributed by atoms with Crippen LogP contribution in [0.3, 0.4) is 0 Å². The second-order valence-corrected chi connectivity index (χ2v) is 9.78. The molecule has 4 rings (SSSR count). The molecule has 0 atom stereocenters. The van der Waals surface area contributed by atoms with Gasteiger partial charge in [-0.05, 0) is 44.0 Å². The Kier molecular flexibility index (Phi) is 4.37. The molecule has 0 amide bonds. The van der Waals surface area contributed by atoms with Crippen LogP contribution in [0, 0.1) is 6.92 Å². The molecule has 0 radical (unpaired) electrons. The molecule has 1 fully saturated rings. The lowest BCUT2D eigenvalue weighted by molar-refractivity contribution is 0.270. The predicted molar refractivity (Wildman–Crippen MR) is 99.9 cm³/mol. The van der Waals surface area contributed by atoms with E-state index < -0.39 is 10.0 Å². The number of fused-ring (bicyclic) bond motifs is 1. The van der Waals surface area contributed by atoms with Crippen molar-refractivity contribution in [1.82, 2.24) is 18.8 Å². The molecule has 4 heterocycles. The summed E-state index contributed by atoms with van der Waals surface area (Å²) in [6.07, 6.45) is 4.29. The molecule has 0 spiro atoms. The summed E-state index contributed by atoms with van der Waals surface area (Å²) in [4.78, 5) is 22.0. The van der Waals surface area contributed by atoms with Crippen LogP contribution in [0.2, 0.25) is 0 Å². The maximum Gasteiger partial charge on any atom is 0.263 e. The van der Waals surface area contributed by atoms with Crippen molar-refractivity contribution in [1.29, 1.82) is 0 Å². The van der Waals surface area contributed by atoms with Crippen LogP contribution in [0.4, 0.5) is 0 Å². The number of hydrogen-bond donors (Lipinski definition) is 0. The number of thiophene rings is 1. The Morgan fingerprint density at radius 2 is 1.92 bits per heavy atom. The lowest BCUT2D eigenvalue weighted by atomic mass is 10.1. The highest BCUT2D eigenvalue weighted by atomic mass is 32.2. The normalized spacial score (nSPS) is 17.0. The number of aromatic nitrogens is 3. The van der Waals surface area contributed by atoms with E-state index in [4.69, 9.17) is 0 Å². The van der Waals surface area contributed by atoms with Crippen molar-refractivity contribution in [3.05, 3.63) is 52.0 Å². The highest BCUT2D eigenvalue weighted by molar-refractivity contribution is 7.91. The van der Waals surface area contributed by atoms with Crippen LogP contribution in [0.5, 0.6) is 0 Å². The first-order chi connectivity index (χ1) is 12.5. The van der Waals surface area contributed by atoms with E-state index in [-0.39, 0.29) is 11.6 Å². The summed E-state index contributed by atoms with van der Waals surface area (Å²) in [5.41, 5.74) is 0.306. The summed E-state index contributed by atoms with van der Waals surface area (Å²) in [6, 6.07) is 6.85. The minimum atomic E-state index is -3.45. The van der Waals surface area contributed by atoms with Gasteiger partial charge in [-0.2, -0.15) is 4.31 Å². The standard InChI is InChI=1S/C17H18N4O3S2/c1-12-4-5-15(25-12)26(23,24)20-9-6-13(7-10-20)21-11-19-16-14(17(21)22)3-2-8-18-16/h2-5,8,11,13H,6-7,9-10H2,1H3. The number of pyridine rings is 1. The predicted octanol–water partition coefficient (Wildman–Crippen LogP) is 2.19. The minimum absolute atomic E-state index is 0.0591. The van der Waals surface area contributed by atoms with Crippen molar-refractivity contribution in [3.63, 3.8) is 0 Å². The van der Waals surface area contributed by atoms with Gasteiger partial charge in [0.1, 0.15) is 10.5 Å². The Labute approximate surface area is 155 Å². The van der Waals surface area contributed by atoms with E-state index in [2.05, 4.69) is 9.97 Å². The number of sulfonamides is 1. The molecule has 136 valence electrons. The minimum Gasteiger partial charge on any atom is -0.295 e. The van der Waals surface area contributed by atoms with E-state index in [0.717, 1.165) is 4.88 Å². The van der Waals surface area contributed by atoms with Gasteiger partial charge in [-0.3, -0.25) is 9.36 Å². The Bertz CT molecular complexity index is 1110. The van der Waals surface area contributed by atoms with Crippen LogP contribution in [0.1, 0.15) is 23.8 Å². The number of piperidine rings is 1. The molecule has 0 unspecified atom stereocenters. The van der Waals surface area contributed by atoms with Crippen molar-refractivity contribution in [3.8, 4) is 0 Å². The Hall–Kier alpha value is -2.10. The van der Waals surface area contributed by atoms with Gasteiger partial charge < -0.3 is 0 Å². The fourth-order valence-corrected chi connectivity index (χ4v) is 6.18. The smallest absolute Gasteiger partial charge is 0.263 e. The van der Waals surface area contributed by atoms with Gasteiger partial charge in [0.2, 0.25) is 0 Å². The molecule has 3 aromatic heterocycles. The zero-order valence-electron chi connectivity index (χ0n) is 14.2. The molecule has 0 saturated carbocycles.